The van der Waals surface area contributed by atoms with Gasteiger partial charge in [-0.05, 0) is 18.2 Å². The first-order valence-electron chi connectivity index (χ1n) is 5.60. The number of hydrogen-bond donors (Lipinski definition) is 1. The Bertz CT molecular complexity index is 419. The first-order chi connectivity index (χ1) is 8.30. The van der Waals surface area contributed by atoms with E-state index >= 15 is 0 Å². The molecular weight excluding hydrogens is 240 g/mol. The number of benzene rings is 1. The number of rotatable bonds is 5. The zero-order valence-corrected chi connectivity index (χ0v) is 11.1. The average molecular weight is 259 g/mol. The summed E-state index contributed by atoms with van der Waals surface area (Å²) in [5, 5.41) is 0. The van der Waals surface area contributed by atoms with Crippen LogP contribution in [0.4, 0.5) is 8.78 Å². The third-order valence-corrected chi connectivity index (χ3v) is 3.11. The lowest BCUT2D eigenvalue weighted by Crippen LogP contribution is -2.40. The summed E-state index contributed by atoms with van der Waals surface area (Å²) < 4.78 is 38.9. The van der Waals surface area contributed by atoms with Gasteiger partial charge in [0.25, 0.3) is 5.92 Å². The van der Waals surface area contributed by atoms with E-state index in [0.717, 1.165) is 0 Å². The van der Waals surface area contributed by atoms with Crippen molar-refractivity contribution < 1.29 is 18.3 Å². The molecule has 0 aliphatic heterocycles. The quantitative estimate of drug-likeness (QED) is 0.884. The van der Waals surface area contributed by atoms with Gasteiger partial charge in [-0.1, -0.05) is 13.8 Å². The third kappa shape index (κ3) is 2.41. The smallest absolute Gasteiger partial charge is 0.283 e. The largest absolute Gasteiger partial charge is 0.497 e. The second kappa shape index (κ2) is 5.10. The maximum atomic E-state index is 14.5. The van der Waals surface area contributed by atoms with Gasteiger partial charge in [-0.3, -0.25) is 0 Å². The SMILES string of the molecule is COc1ccc(OC)c(C(F)(F)C(C)(C)CN)c1. The Hall–Kier alpha value is -1.36. The Morgan fingerprint density at radius 3 is 2.22 bits per heavy atom. The molecule has 0 heterocycles. The minimum Gasteiger partial charge on any atom is -0.497 e. The third-order valence-electron chi connectivity index (χ3n) is 3.11. The summed E-state index contributed by atoms with van der Waals surface area (Å²) in [6, 6.07) is 4.33. The molecule has 0 atom stereocenters. The molecule has 0 saturated heterocycles. The molecule has 0 saturated carbocycles. The molecule has 0 fully saturated rings. The van der Waals surface area contributed by atoms with Crippen LogP contribution in [0.1, 0.15) is 19.4 Å². The Labute approximate surface area is 106 Å². The second-order valence-electron chi connectivity index (χ2n) is 4.73. The molecule has 0 aliphatic carbocycles. The van der Waals surface area contributed by atoms with Gasteiger partial charge in [0.1, 0.15) is 11.5 Å². The molecule has 1 aromatic rings. The van der Waals surface area contributed by atoms with Crippen LogP contribution in [0.3, 0.4) is 0 Å². The molecule has 0 aliphatic rings. The van der Waals surface area contributed by atoms with E-state index in [4.69, 9.17) is 15.2 Å². The van der Waals surface area contributed by atoms with Crippen LogP contribution in [0.2, 0.25) is 0 Å². The number of ether oxygens (including phenoxy) is 2. The van der Waals surface area contributed by atoms with Crippen LogP contribution in [0.15, 0.2) is 18.2 Å². The lowest BCUT2D eigenvalue weighted by molar-refractivity contribution is -0.110. The van der Waals surface area contributed by atoms with Gasteiger partial charge in [-0.15, -0.1) is 0 Å². The molecule has 0 aromatic heterocycles. The molecule has 0 amide bonds. The minimum absolute atomic E-state index is 0.127. The molecule has 5 heteroatoms. The number of hydrogen-bond acceptors (Lipinski definition) is 3. The van der Waals surface area contributed by atoms with E-state index in [0.29, 0.717) is 5.75 Å². The van der Waals surface area contributed by atoms with Gasteiger partial charge < -0.3 is 15.2 Å². The predicted molar refractivity (Wildman–Crippen MR) is 66.3 cm³/mol. The van der Waals surface area contributed by atoms with E-state index in [-0.39, 0.29) is 17.9 Å². The first kappa shape index (κ1) is 14.7. The van der Waals surface area contributed by atoms with Crippen molar-refractivity contribution in [3.05, 3.63) is 23.8 Å². The van der Waals surface area contributed by atoms with Crippen LogP contribution in [-0.4, -0.2) is 20.8 Å². The highest BCUT2D eigenvalue weighted by molar-refractivity contribution is 5.43. The fourth-order valence-electron chi connectivity index (χ4n) is 1.55. The number of nitrogens with two attached hydrogens (primary N) is 1. The van der Waals surface area contributed by atoms with Gasteiger partial charge in [0.05, 0.1) is 19.8 Å². The Morgan fingerprint density at radius 1 is 1.17 bits per heavy atom. The Balaban J connectivity index is 3.37. The van der Waals surface area contributed by atoms with E-state index < -0.39 is 11.3 Å². The van der Waals surface area contributed by atoms with Crippen LogP contribution >= 0.6 is 0 Å². The monoisotopic (exact) mass is 259 g/mol. The van der Waals surface area contributed by atoms with Crippen molar-refractivity contribution in [2.45, 2.75) is 19.8 Å². The van der Waals surface area contributed by atoms with E-state index in [2.05, 4.69) is 0 Å². The Morgan fingerprint density at radius 2 is 1.78 bits per heavy atom. The van der Waals surface area contributed by atoms with Crippen molar-refractivity contribution in [2.24, 2.45) is 11.1 Å². The van der Waals surface area contributed by atoms with Gasteiger partial charge >= 0.3 is 0 Å². The zero-order chi connectivity index (χ0) is 14.0. The molecule has 102 valence electrons. The maximum absolute atomic E-state index is 14.5. The van der Waals surface area contributed by atoms with Gasteiger partial charge in [-0.25, -0.2) is 8.78 Å². The summed E-state index contributed by atoms with van der Waals surface area (Å²) in [5.74, 6) is -2.62. The van der Waals surface area contributed by atoms with Crippen LogP contribution < -0.4 is 15.2 Å². The van der Waals surface area contributed by atoms with Gasteiger partial charge in [0.2, 0.25) is 0 Å². The van der Waals surface area contributed by atoms with Crippen LogP contribution in [0.5, 0.6) is 11.5 Å². The maximum Gasteiger partial charge on any atom is 0.283 e. The molecule has 3 nitrogen and oxygen atoms in total. The molecule has 18 heavy (non-hydrogen) atoms. The molecule has 0 spiro atoms. The second-order valence-corrected chi connectivity index (χ2v) is 4.73. The van der Waals surface area contributed by atoms with E-state index in [1.165, 1.54) is 40.2 Å². The summed E-state index contributed by atoms with van der Waals surface area (Å²) in [6.07, 6.45) is 0. The highest BCUT2D eigenvalue weighted by Gasteiger charge is 2.49. The molecule has 0 bridgehead atoms. The number of methoxy groups -OCH3 is 2. The number of alkyl halides is 2. The van der Waals surface area contributed by atoms with E-state index in [1.807, 2.05) is 0 Å². The normalized spacial score (nSPS) is 12.4. The minimum atomic E-state index is -3.11. The average Bonchev–Trinajstić information content (AvgIpc) is 2.37. The lowest BCUT2D eigenvalue weighted by atomic mass is 9.81. The van der Waals surface area contributed by atoms with Gasteiger partial charge in [-0.2, -0.15) is 0 Å². The zero-order valence-electron chi connectivity index (χ0n) is 11.1. The van der Waals surface area contributed by atoms with E-state index in [1.54, 1.807) is 6.07 Å². The van der Waals surface area contributed by atoms with Crippen molar-refractivity contribution in [2.75, 3.05) is 20.8 Å². The summed E-state index contributed by atoms with van der Waals surface area (Å²) in [7, 11) is 2.79. The highest BCUT2D eigenvalue weighted by Crippen LogP contribution is 2.48. The van der Waals surface area contributed by atoms with Crippen molar-refractivity contribution in [3.8, 4) is 11.5 Å². The van der Waals surface area contributed by atoms with Crippen molar-refractivity contribution in [1.29, 1.82) is 0 Å². The fraction of sp³-hybridized carbons (Fsp3) is 0.538. The van der Waals surface area contributed by atoms with Crippen LogP contribution in [0, 0.1) is 5.41 Å². The molecule has 0 unspecified atom stereocenters. The van der Waals surface area contributed by atoms with Crippen molar-refractivity contribution in [3.63, 3.8) is 0 Å². The lowest BCUT2D eigenvalue weighted by Gasteiger charge is -2.34. The molecular formula is C13H19F2NO2. The molecule has 1 rings (SSSR count). The van der Waals surface area contributed by atoms with Crippen LogP contribution in [0.25, 0.3) is 0 Å². The Kier molecular flexibility index (Phi) is 4.16. The summed E-state index contributed by atoms with van der Waals surface area (Å²) >= 11 is 0. The van der Waals surface area contributed by atoms with Crippen LogP contribution in [-0.2, 0) is 5.92 Å². The molecule has 1 aromatic carbocycles. The van der Waals surface area contributed by atoms with Gasteiger partial charge in [0.15, 0.2) is 0 Å². The predicted octanol–water partition coefficient (Wildman–Crippen LogP) is 2.78. The number of halogens is 2. The summed E-state index contributed by atoms with van der Waals surface area (Å²) in [6.45, 7) is 2.71. The first-order valence-corrected chi connectivity index (χ1v) is 5.60. The summed E-state index contributed by atoms with van der Waals surface area (Å²) in [4.78, 5) is 0. The van der Waals surface area contributed by atoms with Crippen molar-refractivity contribution >= 4 is 0 Å². The van der Waals surface area contributed by atoms with E-state index in [9.17, 15) is 8.78 Å². The standard InChI is InChI=1S/C13H19F2NO2/c1-12(2,8-16)13(14,15)10-7-9(17-3)5-6-11(10)18-4/h5-7H,8,16H2,1-4H3. The topological polar surface area (TPSA) is 44.5 Å². The van der Waals surface area contributed by atoms with Gasteiger partial charge in [0, 0.05) is 12.0 Å². The summed E-state index contributed by atoms with van der Waals surface area (Å²) in [5.41, 5.74) is 3.86. The fourth-order valence-corrected chi connectivity index (χ4v) is 1.55. The molecule has 2 N–H and O–H groups in total. The van der Waals surface area contributed by atoms with Crippen molar-refractivity contribution in [1.82, 2.24) is 0 Å². The molecule has 0 radical (unpaired) electrons. The highest BCUT2D eigenvalue weighted by atomic mass is 19.3.